The number of carbonyl (C=O) groups excluding carboxylic acids is 1. The van der Waals surface area contributed by atoms with Crippen LogP contribution in [-0.2, 0) is 14.3 Å². The van der Waals surface area contributed by atoms with Gasteiger partial charge in [0.2, 0.25) is 0 Å². The maximum atomic E-state index is 11.6. The lowest BCUT2D eigenvalue weighted by atomic mass is 9.99. The summed E-state index contributed by atoms with van der Waals surface area (Å²) >= 11 is 0. The van der Waals surface area contributed by atoms with E-state index >= 15 is 0 Å². The normalized spacial score (nSPS) is 25.2. The highest BCUT2D eigenvalue weighted by Crippen LogP contribution is 2.41. The summed E-state index contributed by atoms with van der Waals surface area (Å²) < 4.78 is 10.5. The van der Waals surface area contributed by atoms with Crippen LogP contribution in [0.3, 0.4) is 0 Å². The molecule has 20 heavy (non-hydrogen) atoms. The molecule has 0 aromatic heterocycles. The van der Waals surface area contributed by atoms with E-state index in [-0.39, 0.29) is 17.7 Å². The summed E-state index contributed by atoms with van der Waals surface area (Å²) in [4.78, 5) is 11.6. The number of ether oxygens (including phenoxy) is 2. The van der Waals surface area contributed by atoms with Crippen molar-refractivity contribution in [3.63, 3.8) is 0 Å². The molecule has 0 bridgehead atoms. The molecule has 0 N–H and O–H groups in total. The zero-order chi connectivity index (χ0) is 15.2. The fourth-order valence-corrected chi connectivity index (χ4v) is 2.24. The molecule has 3 nitrogen and oxygen atoms in total. The van der Waals surface area contributed by atoms with Crippen LogP contribution in [0.15, 0.2) is 23.3 Å². The van der Waals surface area contributed by atoms with Crippen molar-refractivity contribution in [1.82, 2.24) is 0 Å². The Morgan fingerprint density at radius 3 is 2.55 bits per heavy atom. The Balaban J connectivity index is 2.27. The van der Waals surface area contributed by atoms with Crippen molar-refractivity contribution in [2.75, 3.05) is 6.61 Å². The van der Waals surface area contributed by atoms with Gasteiger partial charge in [0.05, 0.1) is 6.61 Å². The fourth-order valence-electron chi connectivity index (χ4n) is 2.24. The van der Waals surface area contributed by atoms with Crippen LogP contribution in [0.4, 0.5) is 0 Å². The first-order chi connectivity index (χ1) is 9.39. The summed E-state index contributed by atoms with van der Waals surface area (Å²) in [5.74, 6) is -0.223. The van der Waals surface area contributed by atoms with E-state index in [1.165, 1.54) is 11.1 Å². The molecule has 0 aromatic carbocycles. The van der Waals surface area contributed by atoms with Crippen LogP contribution in [0.25, 0.3) is 0 Å². The van der Waals surface area contributed by atoms with E-state index in [1.807, 2.05) is 13.8 Å². The van der Waals surface area contributed by atoms with Crippen LogP contribution in [-0.4, -0.2) is 24.3 Å². The van der Waals surface area contributed by atoms with Crippen LogP contribution >= 0.6 is 0 Å². The van der Waals surface area contributed by atoms with E-state index in [1.54, 1.807) is 0 Å². The molecule has 1 aliphatic heterocycles. The Morgan fingerprint density at radius 1 is 1.25 bits per heavy atom. The summed E-state index contributed by atoms with van der Waals surface area (Å²) in [6.45, 7) is 10.6. The van der Waals surface area contributed by atoms with Crippen LogP contribution < -0.4 is 0 Å². The Hall–Kier alpha value is -1.09. The van der Waals surface area contributed by atoms with Gasteiger partial charge in [-0.05, 0) is 60.3 Å². The quantitative estimate of drug-likeness (QED) is 0.380. The minimum absolute atomic E-state index is 0.223. The molecular formula is C17H28O3. The second-order valence-electron chi connectivity index (χ2n) is 5.97. The molecule has 114 valence electrons. The van der Waals surface area contributed by atoms with Gasteiger partial charge in [0.1, 0.15) is 5.60 Å². The van der Waals surface area contributed by atoms with Crippen molar-refractivity contribution in [1.29, 1.82) is 0 Å². The molecule has 0 radical (unpaired) electrons. The third-order valence-corrected chi connectivity index (χ3v) is 3.61. The maximum absolute atomic E-state index is 11.6. The van der Waals surface area contributed by atoms with Crippen LogP contribution in [0.5, 0.6) is 0 Å². The molecule has 1 heterocycles. The van der Waals surface area contributed by atoms with E-state index in [0.717, 1.165) is 25.7 Å². The standard InChI is InChI=1S/C17H28O3/c1-6-19-16(18)15-17(5,20-15)12-8-11-14(4)10-7-9-13(2)3/h9,11,15H,6-8,10,12H2,1-5H3. The highest BCUT2D eigenvalue weighted by Gasteiger charge is 2.57. The van der Waals surface area contributed by atoms with Crippen LogP contribution in [0.2, 0.25) is 0 Å². The van der Waals surface area contributed by atoms with Gasteiger partial charge in [0, 0.05) is 0 Å². The van der Waals surface area contributed by atoms with Crippen molar-refractivity contribution in [2.24, 2.45) is 0 Å². The lowest BCUT2D eigenvalue weighted by Crippen LogP contribution is -2.20. The van der Waals surface area contributed by atoms with E-state index in [9.17, 15) is 4.79 Å². The monoisotopic (exact) mass is 280 g/mol. The summed E-state index contributed by atoms with van der Waals surface area (Å²) in [7, 11) is 0. The topological polar surface area (TPSA) is 38.8 Å². The Morgan fingerprint density at radius 2 is 1.95 bits per heavy atom. The third-order valence-electron chi connectivity index (χ3n) is 3.61. The van der Waals surface area contributed by atoms with Gasteiger partial charge in [-0.1, -0.05) is 23.3 Å². The molecule has 0 spiro atoms. The highest BCUT2D eigenvalue weighted by atomic mass is 16.7. The summed E-state index contributed by atoms with van der Waals surface area (Å²) in [5, 5.41) is 0. The molecule has 1 aliphatic rings. The lowest BCUT2D eigenvalue weighted by Gasteiger charge is -2.05. The van der Waals surface area contributed by atoms with Crippen molar-refractivity contribution < 1.29 is 14.3 Å². The molecular weight excluding hydrogens is 252 g/mol. The number of esters is 1. The van der Waals surface area contributed by atoms with Crippen LogP contribution in [0.1, 0.15) is 60.3 Å². The number of hydrogen-bond donors (Lipinski definition) is 0. The molecule has 1 fully saturated rings. The van der Waals surface area contributed by atoms with Gasteiger partial charge in [-0.25, -0.2) is 4.79 Å². The average Bonchev–Trinajstić information content (AvgIpc) is 3.01. The number of carbonyl (C=O) groups is 1. The molecule has 0 aromatic rings. The van der Waals surface area contributed by atoms with Gasteiger partial charge >= 0.3 is 5.97 Å². The highest BCUT2D eigenvalue weighted by molar-refractivity contribution is 5.79. The van der Waals surface area contributed by atoms with Crippen molar-refractivity contribution in [3.05, 3.63) is 23.3 Å². The first-order valence-electron chi connectivity index (χ1n) is 7.52. The smallest absolute Gasteiger partial charge is 0.338 e. The largest absolute Gasteiger partial charge is 0.464 e. The molecule has 0 amide bonds. The molecule has 3 heteroatoms. The molecule has 1 rings (SSSR count). The zero-order valence-electron chi connectivity index (χ0n) is 13.5. The Labute approximate surface area is 123 Å². The van der Waals surface area contributed by atoms with Crippen molar-refractivity contribution in [2.45, 2.75) is 72.0 Å². The SMILES string of the molecule is CCOC(=O)C1OC1(C)CCC=C(C)CCC=C(C)C. The fraction of sp³-hybridized carbons (Fsp3) is 0.706. The number of epoxide rings is 1. The van der Waals surface area contributed by atoms with Gasteiger partial charge in [-0.2, -0.15) is 0 Å². The van der Waals surface area contributed by atoms with E-state index < -0.39 is 0 Å². The second-order valence-corrected chi connectivity index (χ2v) is 5.97. The molecule has 1 saturated heterocycles. The van der Waals surface area contributed by atoms with Crippen molar-refractivity contribution >= 4 is 5.97 Å². The molecule has 2 atom stereocenters. The average molecular weight is 280 g/mol. The van der Waals surface area contributed by atoms with E-state index in [0.29, 0.717) is 6.61 Å². The summed E-state index contributed by atoms with van der Waals surface area (Å²) in [6, 6.07) is 0. The van der Waals surface area contributed by atoms with Gasteiger partial charge < -0.3 is 9.47 Å². The predicted octanol–water partition coefficient (Wildman–Crippen LogP) is 4.18. The van der Waals surface area contributed by atoms with E-state index in [2.05, 4.69) is 32.9 Å². The van der Waals surface area contributed by atoms with Gasteiger partial charge in [0.25, 0.3) is 0 Å². The van der Waals surface area contributed by atoms with Gasteiger partial charge in [0.15, 0.2) is 6.10 Å². The predicted molar refractivity (Wildman–Crippen MR) is 81.6 cm³/mol. The first kappa shape index (κ1) is 17.0. The van der Waals surface area contributed by atoms with E-state index in [4.69, 9.17) is 9.47 Å². The second kappa shape index (κ2) is 7.63. The molecule has 2 unspecified atom stereocenters. The minimum Gasteiger partial charge on any atom is -0.464 e. The van der Waals surface area contributed by atoms with Gasteiger partial charge in [-0.15, -0.1) is 0 Å². The number of hydrogen-bond acceptors (Lipinski definition) is 3. The number of allylic oxidation sites excluding steroid dienone is 4. The number of rotatable bonds is 8. The summed E-state index contributed by atoms with van der Waals surface area (Å²) in [6.07, 6.45) is 8.19. The lowest BCUT2D eigenvalue weighted by molar-refractivity contribution is -0.144. The van der Waals surface area contributed by atoms with Crippen LogP contribution in [0, 0.1) is 0 Å². The first-order valence-corrected chi connectivity index (χ1v) is 7.52. The van der Waals surface area contributed by atoms with Crippen molar-refractivity contribution in [3.8, 4) is 0 Å². The Kier molecular flexibility index (Phi) is 6.47. The molecule has 0 aliphatic carbocycles. The third kappa shape index (κ3) is 5.49. The van der Waals surface area contributed by atoms with Gasteiger partial charge in [-0.3, -0.25) is 0 Å². The zero-order valence-corrected chi connectivity index (χ0v) is 13.5. The molecule has 0 saturated carbocycles. The minimum atomic E-state index is -0.359. The maximum Gasteiger partial charge on any atom is 0.338 e. The Bertz CT molecular complexity index is 391. The summed E-state index contributed by atoms with van der Waals surface area (Å²) in [5.41, 5.74) is 2.46.